The van der Waals surface area contributed by atoms with E-state index in [0.717, 1.165) is 5.32 Å². The normalized spacial score (nSPS) is 15.2. The van der Waals surface area contributed by atoms with Crippen LogP contribution in [0, 0.1) is 6.92 Å². The van der Waals surface area contributed by atoms with E-state index in [2.05, 4.69) is 14.7 Å². The Morgan fingerprint density at radius 1 is 0.471 bits per heavy atom. The zero-order valence-electron chi connectivity index (χ0n) is 31.7. The van der Waals surface area contributed by atoms with Gasteiger partial charge in [0.05, 0.1) is 11.1 Å². The minimum absolute atomic E-state index is 0.0517. The van der Waals surface area contributed by atoms with Gasteiger partial charge in [0.2, 0.25) is 12.2 Å². The summed E-state index contributed by atoms with van der Waals surface area (Å²) in [5, 5.41) is 1.10. The minimum atomic E-state index is -10.4. The summed E-state index contributed by atoms with van der Waals surface area (Å²) in [5.74, 6) is -151. The maximum absolute atomic E-state index is 15.7. The lowest BCUT2D eigenvalue weighted by Gasteiger charge is -2.47. The quantitative estimate of drug-likeness (QED) is 0.0459. The Bertz CT molecular complexity index is 2290. The van der Waals surface area contributed by atoms with Crippen molar-refractivity contribution < 1.29 is 169 Å². The molecule has 8 nitrogen and oxygen atoms in total. The van der Waals surface area contributed by atoms with Crippen LogP contribution in [0.5, 0.6) is 0 Å². The fraction of sp³-hybridized carbons (Fsp3) is 0.655. The van der Waals surface area contributed by atoms with Crippen LogP contribution in [0.2, 0.25) is 0 Å². The molecule has 402 valence electrons. The third-order valence-electron chi connectivity index (χ3n) is 8.73. The molecule has 0 aliphatic rings. The van der Waals surface area contributed by atoms with Crippen LogP contribution in [0.25, 0.3) is 0 Å². The van der Waals surface area contributed by atoms with Gasteiger partial charge in [0.1, 0.15) is 11.4 Å². The maximum Gasteiger partial charge on any atom is 0.460 e. The van der Waals surface area contributed by atoms with Crippen molar-refractivity contribution in [2.75, 3.05) is 6.73 Å². The zero-order chi connectivity index (χ0) is 56.7. The average Bonchev–Trinajstić information content (AvgIpc) is 3.16. The van der Waals surface area contributed by atoms with Crippen LogP contribution >= 0.6 is 0 Å². The summed E-state index contributed by atoms with van der Waals surface area (Å²) in [6, 6.07) is -0.0766. The lowest BCUT2D eigenvalue weighted by atomic mass is 9.81. The Hall–Kier alpha value is -5.39. The number of benzene rings is 1. The van der Waals surface area contributed by atoms with Gasteiger partial charge in [0.15, 0.2) is 6.73 Å². The molecule has 0 aromatic heterocycles. The lowest BCUT2D eigenvalue weighted by Crippen LogP contribution is -2.79. The Kier molecular flexibility index (Phi) is 15.6. The highest BCUT2D eigenvalue weighted by Crippen LogP contribution is 2.70. The molecular weight excluding hydrogens is 1100 g/mol. The van der Waals surface area contributed by atoms with E-state index in [4.69, 9.17) is 0 Å². The molecule has 0 saturated carbocycles. The van der Waals surface area contributed by atoms with Gasteiger partial charge in [-0.05, 0) is 18.6 Å². The Morgan fingerprint density at radius 3 is 1.00 bits per heavy atom. The number of aliphatic imine (C=N–C) groups is 2. The largest absolute Gasteiger partial charge is 0.460 e. The van der Waals surface area contributed by atoms with Crippen molar-refractivity contribution >= 4 is 35.4 Å². The topological polar surface area (TPSA) is 114 Å². The molecule has 0 radical (unpaired) electrons. The molecule has 0 atom stereocenters. The van der Waals surface area contributed by atoms with Crippen LogP contribution in [0.15, 0.2) is 16.1 Å². The van der Waals surface area contributed by atoms with Crippen LogP contribution in [-0.4, -0.2) is 120 Å². The Balaban J connectivity index is 4.35. The molecule has 0 bridgehead atoms. The second-order valence-electron chi connectivity index (χ2n) is 13.1. The minimum Gasteiger partial charge on any atom is -0.445 e. The van der Waals surface area contributed by atoms with Crippen molar-refractivity contribution in [2.45, 2.75) is 109 Å². The fourth-order valence-corrected chi connectivity index (χ4v) is 4.87. The highest BCUT2D eigenvalue weighted by molar-refractivity contribution is 6.00. The van der Waals surface area contributed by atoms with E-state index in [1.165, 1.54) is 0 Å². The standard InChI is InChI=1S/C29H10F33N3O5/c1-7-3-9(63-4-66)12(64-5-67)11(10(7)13(69)65-6-70-8(2)68)14(30,31)15(32,33)16(34,35)17(36,37)18(38,39)19(40,41)20(42,43)21(44,45)22(46,47)23(48,49)24(50,51)25(52,53)26(54,55)27(56,57)28(58,59)29(60,61)62/h3H,6H2,1-2H3,(H,65,69). The number of hydrogen-bond acceptors (Lipinski definition) is 7. The predicted molar refractivity (Wildman–Crippen MR) is 150 cm³/mol. The number of carbonyl (C=O) groups excluding carboxylic acids is 4. The van der Waals surface area contributed by atoms with Gasteiger partial charge in [-0.1, -0.05) is 0 Å². The van der Waals surface area contributed by atoms with E-state index in [1.807, 2.05) is 0 Å². The fourth-order valence-electron chi connectivity index (χ4n) is 4.87. The molecule has 0 fully saturated rings. The molecule has 0 aliphatic carbocycles. The summed E-state index contributed by atoms with van der Waals surface area (Å²) in [5.41, 5.74) is -12.5. The Morgan fingerprint density at radius 2 is 0.743 bits per heavy atom. The molecule has 0 aliphatic heterocycles. The molecule has 0 spiro atoms. The summed E-state index contributed by atoms with van der Waals surface area (Å²) < 4.78 is 470. The van der Waals surface area contributed by atoms with Crippen LogP contribution in [-0.2, 0) is 25.0 Å². The van der Waals surface area contributed by atoms with Crippen LogP contribution < -0.4 is 5.32 Å². The highest BCUT2D eigenvalue weighted by Gasteiger charge is 3.02. The molecule has 1 N–H and O–H groups in total. The third-order valence-corrected chi connectivity index (χ3v) is 8.73. The number of halogens is 33. The average molecular weight is 1110 g/mol. The van der Waals surface area contributed by atoms with E-state index in [1.54, 1.807) is 0 Å². The maximum atomic E-state index is 15.7. The summed E-state index contributed by atoms with van der Waals surface area (Å²) >= 11 is 0. The highest BCUT2D eigenvalue weighted by atomic mass is 19.4. The molecule has 1 aromatic carbocycles. The van der Waals surface area contributed by atoms with Gasteiger partial charge >= 0.3 is 101 Å². The smallest absolute Gasteiger partial charge is 0.445 e. The van der Waals surface area contributed by atoms with E-state index in [-0.39, 0.29) is 19.1 Å². The van der Waals surface area contributed by atoms with Crippen molar-refractivity contribution in [3.63, 3.8) is 0 Å². The van der Waals surface area contributed by atoms with Crippen LogP contribution in [0.3, 0.4) is 0 Å². The van der Waals surface area contributed by atoms with Crippen LogP contribution in [0.4, 0.5) is 156 Å². The van der Waals surface area contributed by atoms with Gasteiger partial charge in [-0.3, -0.25) is 9.59 Å². The third kappa shape index (κ3) is 8.07. The second kappa shape index (κ2) is 17.4. The molecular formula is C29H10F33N3O5. The lowest BCUT2D eigenvalue weighted by molar-refractivity contribution is -0.491. The van der Waals surface area contributed by atoms with Crippen molar-refractivity contribution in [1.82, 2.24) is 5.32 Å². The number of aryl methyl sites for hydroxylation is 1. The summed E-state index contributed by atoms with van der Waals surface area (Å²) in [4.78, 5) is 49.7. The number of amides is 1. The van der Waals surface area contributed by atoms with Crippen molar-refractivity contribution in [3.05, 3.63) is 22.8 Å². The van der Waals surface area contributed by atoms with E-state index >= 15 is 17.6 Å². The first kappa shape index (κ1) is 62.6. The van der Waals surface area contributed by atoms with E-state index < -0.39 is 142 Å². The van der Waals surface area contributed by atoms with Gasteiger partial charge < -0.3 is 10.1 Å². The molecule has 1 rings (SSSR count). The number of hydrogen-bond donors (Lipinski definition) is 1. The van der Waals surface area contributed by atoms with E-state index in [9.17, 15) is 147 Å². The van der Waals surface area contributed by atoms with Gasteiger partial charge in [-0.25, -0.2) is 9.59 Å². The number of carbonyl (C=O) groups is 2. The second-order valence-corrected chi connectivity index (χ2v) is 13.1. The molecule has 1 aromatic rings. The first-order valence-corrected chi connectivity index (χ1v) is 15.9. The number of alkyl halides is 33. The monoisotopic (exact) mass is 1110 g/mol. The number of esters is 1. The SMILES string of the molecule is CC(=O)OCNC(=O)c1c(C)cc(N=C=O)c(N=C=O)c1C(F)(F)C(F)(F)C(F)(F)C(F)(F)C(F)(F)C(F)(F)C(F)(F)C(F)(F)C(F)(F)C(F)(F)C(F)(F)C(F)(F)C(F)(F)C(F)(F)C(F)(F)C(F)(F)F. The molecule has 0 unspecified atom stereocenters. The Labute approximate surface area is 358 Å². The number of ether oxygens (including phenoxy) is 1. The molecule has 0 heterocycles. The van der Waals surface area contributed by atoms with Crippen molar-refractivity contribution in [3.8, 4) is 0 Å². The van der Waals surface area contributed by atoms with E-state index in [0.29, 0.717) is 13.0 Å². The van der Waals surface area contributed by atoms with Crippen LogP contribution in [0.1, 0.15) is 28.4 Å². The van der Waals surface area contributed by atoms with Gasteiger partial charge in [0.25, 0.3) is 5.91 Å². The molecule has 70 heavy (non-hydrogen) atoms. The van der Waals surface area contributed by atoms with Gasteiger partial charge in [0, 0.05) is 6.92 Å². The van der Waals surface area contributed by atoms with Gasteiger partial charge in [-0.2, -0.15) is 155 Å². The van der Waals surface area contributed by atoms with Crippen molar-refractivity contribution in [1.29, 1.82) is 0 Å². The molecule has 1 amide bonds. The molecule has 0 saturated heterocycles. The summed E-state index contributed by atoms with van der Waals surface area (Å²) in [6.45, 7) is -1.07. The molecule has 41 heteroatoms. The predicted octanol–water partition coefficient (Wildman–Crippen LogP) is 11.7. The number of rotatable bonds is 20. The number of nitrogens with one attached hydrogen (secondary N) is 1. The number of nitrogens with zero attached hydrogens (tertiary/aromatic N) is 2. The first-order valence-electron chi connectivity index (χ1n) is 15.9. The summed E-state index contributed by atoms with van der Waals surface area (Å²) in [7, 11) is 0. The first-order chi connectivity index (χ1) is 30.4. The van der Waals surface area contributed by atoms with Gasteiger partial charge in [-0.15, -0.1) is 0 Å². The zero-order valence-corrected chi connectivity index (χ0v) is 31.7. The van der Waals surface area contributed by atoms with Crippen molar-refractivity contribution in [2.24, 2.45) is 9.98 Å². The number of isocyanates is 2. The summed E-state index contributed by atoms with van der Waals surface area (Å²) in [6.07, 6.45) is -8.10.